The van der Waals surface area contributed by atoms with Crippen molar-refractivity contribution in [3.8, 4) is 0 Å². The summed E-state index contributed by atoms with van der Waals surface area (Å²) in [7, 11) is 0. The van der Waals surface area contributed by atoms with Crippen molar-refractivity contribution in [1.82, 2.24) is 5.32 Å². The van der Waals surface area contributed by atoms with Gasteiger partial charge in [0.2, 0.25) is 5.91 Å². The zero-order valence-corrected chi connectivity index (χ0v) is 11.8. The molecule has 104 valence electrons. The highest BCUT2D eigenvalue weighted by Crippen LogP contribution is 2.11. The predicted octanol–water partition coefficient (Wildman–Crippen LogP) is 2.50. The quantitative estimate of drug-likeness (QED) is 0.843. The molecule has 1 amide bonds. The molecule has 1 aromatic rings. The van der Waals surface area contributed by atoms with Gasteiger partial charge in [0, 0.05) is 5.02 Å². The maximum Gasteiger partial charge on any atom is 0.326 e. The van der Waals surface area contributed by atoms with Crippen LogP contribution in [0.2, 0.25) is 5.02 Å². The molecule has 19 heavy (non-hydrogen) atoms. The third-order valence-electron chi connectivity index (χ3n) is 2.59. The molecule has 1 aromatic carbocycles. The highest BCUT2D eigenvalue weighted by atomic mass is 35.5. The lowest BCUT2D eigenvalue weighted by Gasteiger charge is -2.16. The van der Waals surface area contributed by atoms with Gasteiger partial charge < -0.3 is 10.4 Å². The largest absolute Gasteiger partial charge is 0.480 e. The number of carboxylic acid groups (broad SMARTS) is 1. The minimum atomic E-state index is -1.01. The van der Waals surface area contributed by atoms with Gasteiger partial charge in [-0.05, 0) is 30.0 Å². The summed E-state index contributed by atoms with van der Waals surface area (Å²) in [5.74, 6) is -1.11. The maximum atomic E-state index is 11.8. The van der Waals surface area contributed by atoms with E-state index in [4.69, 9.17) is 16.7 Å². The average Bonchev–Trinajstić information content (AvgIpc) is 2.27. The third-order valence-corrected chi connectivity index (χ3v) is 2.83. The summed E-state index contributed by atoms with van der Waals surface area (Å²) >= 11 is 5.83. The number of halogens is 1. The molecule has 0 aliphatic rings. The molecule has 0 aliphatic heterocycles. The number of amides is 1. The zero-order chi connectivity index (χ0) is 14.4. The molecule has 0 heterocycles. The van der Waals surface area contributed by atoms with Gasteiger partial charge >= 0.3 is 5.97 Å². The molecular formula is C14H18ClNO3. The van der Waals surface area contributed by atoms with Gasteiger partial charge in [0.05, 0.1) is 6.42 Å². The van der Waals surface area contributed by atoms with E-state index in [0.717, 1.165) is 5.56 Å². The Bertz CT molecular complexity index is 460. The fourth-order valence-corrected chi connectivity index (χ4v) is 1.98. The molecule has 1 atom stereocenters. The molecule has 5 heteroatoms. The molecule has 0 aliphatic carbocycles. The zero-order valence-electron chi connectivity index (χ0n) is 11.0. The van der Waals surface area contributed by atoms with Crippen LogP contribution in [0.15, 0.2) is 24.3 Å². The smallest absolute Gasteiger partial charge is 0.326 e. The Labute approximate surface area is 117 Å². The van der Waals surface area contributed by atoms with Crippen molar-refractivity contribution in [1.29, 1.82) is 0 Å². The van der Waals surface area contributed by atoms with Crippen LogP contribution < -0.4 is 5.32 Å². The van der Waals surface area contributed by atoms with Crippen LogP contribution in [0.3, 0.4) is 0 Å². The van der Waals surface area contributed by atoms with Crippen molar-refractivity contribution >= 4 is 23.5 Å². The van der Waals surface area contributed by atoms with Gasteiger partial charge in [-0.3, -0.25) is 4.79 Å². The normalized spacial score (nSPS) is 12.2. The summed E-state index contributed by atoms with van der Waals surface area (Å²) in [6.07, 6.45) is 0.541. The molecule has 0 radical (unpaired) electrons. The van der Waals surface area contributed by atoms with Gasteiger partial charge in [-0.25, -0.2) is 4.79 Å². The van der Waals surface area contributed by atoms with Crippen molar-refractivity contribution in [2.24, 2.45) is 5.92 Å². The number of benzene rings is 1. The minimum absolute atomic E-state index is 0.127. The Morgan fingerprint density at radius 1 is 1.37 bits per heavy atom. The van der Waals surface area contributed by atoms with Crippen molar-refractivity contribution in [2.75, 3.05) is 0 Å². The van der Waals surface area contributed by atoms with E-state index in [1.54, 1.807) is 24.3 Å². The van der Waals surface area contributed by atoms with E-state index >= 15 is 0 Å². The monoisotopic (exact) mass is 283 g/mol. The molecule has 0 saturated heterocycles. The number of hydrogen-bond donors (Lipinski definition) is 2. The number of carboxylic acids is 1. The summed E-state index contributed by atoms with van der Waals surface area (Å²) in [6, 6.07) is 6.12. The van der Waals surface area contributed by atoms with Crippen LogP contribution in [0, 0.1) is 5.92 Å². The second-order valence-corrected chi connectivity index (χ2v) is 5.33. The molecule has 0 spiro atoms. The van der Waals surface area contributed by atoms with E-state index in [-0.39, 0.29) is 18.2 Å². The SMILES string of the molecule is CC(C)C[C@H](NC(=O)Cc1cccc(Cl)c1)C(=O)O. The summed E-state index contributed by atoms with van der Waals surface area (Å²) in [5.41, 5.74) is 0.763. The number of carbonyl (C=O) groups is 2. The van der Waals surface area contributed by atoms with Crippen LogP contribution in [0.1, 0.15) is 25.8 Å². The summed E-state index contributed by atoms with van der Waals surface area (Å²) < 4.78 is 0. The van der Waals surface area contributed by atoms with E-state index in [1.807, 2.05) is 13.8 Å². The Morgan fingerprint density at radius 2 is 2.05 bits per heavy atom. The molecule has 0 bridgehead atoms. The van der Waals surface area contributed by atoms with Crippen LogP contribution in [-0.4, -0.2) is 23.0 Å². The summed E-state index contributed by atoms with van der Waals surface area (Å²) in [6.45, 7) is 3.83. The molecule has 4 nitrogen and oxygen atoms in total. The van der Waals surface area contributed by atoms with E-state index < -0.39 is 12.0 Å². The molecule has 0 unspecified atom stereocenters. The molecule has 1 rings (SSSR count). The predicted molar refractivity (Wildman–Crippen MR) is 74.2 cm³/mol. The number of hydrogen-bond acceptors (Lipinski definition) is 2. The van der Waals surface area contributed by atoms with Crippen LogP contribution in [0.4, 0.5) is 0 Å². The van der Waals surface area contributed by atoms with E-state index in [1.165, 1.54) is 0 Å². The highest BCUT2D eigenvalue weighted by molar-refractivity contribution is 6.30. The van der Waals surface area contributed by atoms with E-state index in [0.29, 0.717) is 11.4 Å². The van der Waals surface area contributed by atoms with Crippen molar-refractivity contribution in [2.45, 2.75) is 32.7 Å². The van der Waals surface area contributed by atoms with Gasteiger partial charge in [-0.1, -0.05) is 37.6 Å². The highest BCUT2D eigenvalue weighted by Gasteiger charge is 2.20. The lowest BCUT2D eigenvalue weighted by atomic mass is 10.0. The van der Waals surface area contributed by atoms with Crippen molar-refractivity contribution in [3.05, 3.63) is 34.9 Å². The van der Waals surface area contributed by atoms with Gasteiger partial charge in [-0.15, -0.1) is 0 Å². The number of rotatable bonds is 6. The first-order valence-electron chi connectivity index (χ1n) is 6.15. The van der Waals surface area contributed by atoms with Crippen LogP contribution in [0.5, 0.6) is 0 Å². The first-order valence-corrected chi connectivity index (χ1v) is 6.53. The Kier molecular flexibility index (Phi) is 5.83. The minimum Gasteiger partial charge on any atom is -0.480 e. The van der Waals surface area contributed by atoms with Gasteiger partial charge in [0.1, 0.15) is 6.04 Å². The van der Waals surface area contributed by atoms with Crippen LogP contribution in [0.25, 0.3) is 0 Å². The lowest BCUT2D eigenvalue weighted by molar-refractivity contribution is -0.142. The average molecular weight is 284 g/mol. The standard InChI is InChI=1S/C14H18ClNO3/c1-9(2)6-12(14(18)19)16-13(17)8-10-4-3-5-11(15)7-10/h3-5,7,9,12H,6,8H2,1-2H3,(H,16,17)(H,18,19)/t12-/m0/s1. The molecule has 0 fully saturated rings. The van der Waals surface area contributed by atoms with Crippen molar-refractivity contribution in [3.63, 3.8) is 0 Å². The second kappa shape index (κ2) is 7.14. The van der Waals surface area contributed by atoms with Crippen molar-refractivity contribution < 1.29 is 14.7 Å². The molecule has 0 saturated carbocycles. The van der Waals surface area contributed by atoms with Crippen LogP contribution >= 0.6 is 11.6 Å². The number of aliphatic carboxylic acids is 1. The Balaban J connectivity index is 2.60. The van der Waals surface area contributed by atoms with Gasteiger partial charge in [0.15, 0.2) is 0 Å². The number of nitrogens with one attached hydrogen (secondary N) is 1. The molecular weight excluding hydrogens is 266 g/mol. The number of carbonyl (C=O) groups excluding carboxylic acids is 1. The third kappa shape index (κ3) is 5.75. The first-order chi connectivity index (χ1) is 8.88. The van der Waals surface area contributed by atoms with E-state index in [2.05, 4.69) is 5.32 Å². The summed E-state index contributed by atoms with van der Waals surface area (Å²) in [4.78, 5) is 22.8. The fourth-order valence-electron chi connectivity index (χ4n) is 1.77. The molecule has 2 N–H and O–H groups in total. The topological polar surface area (TPSA) is 66.4 Å². The lowest BCUT2D eigenvalue weighted by Crippen LogP contribution is -2.42. The first kappa shape index (κ1) is 15.5. The van der Waals surface area contributed by atoms with Gasteiger partial charge in [0.25, 0.3) is 0 Å². The Morgan fingerprint density at radius 3 is 2.58 bits per heavy atom. The summed E-state index contributed by atoms with van der Waals surface area (Å²) in [5, 5.41) is 12.1. The van der Waals surface area contributed by atoms with Crippen LogP contribution in [-0.2, 0) is 16.0 Å². The van der Waals surface area contributed by atoms with E-state index in [9.17, 15) is 9.59 Å². The van der Waals surface area contributed by atoms with Gasteiger partial charge in [-0.2, -0.15) is 0 Å². The second-order valence-electron chi connectivity index (χ2n) is 4.89. The maximum absolute atomic E-state index is 11.8. The fraction of sp³-hybridized carbons (Fsp3) is 0.429. The Hall–Kier alpha value is -1.55. The molecule has 0 aromatic heterocycles.